The molecule has 0 aliphatic carbocycles. The normalized spacial score (nSPS) is 30.2. The Bertz CT molecular complexity index is 720. The monoisotopic (exact) mass is 350 g/mol. The SMILES string of the molecule is CC1NNC(C)C1S(=O)(=O)N1CCc2ccc(N3CCCC3)cc21. The molecular formula is C17H26N4O2S. The highest BCUT2D eigenvalue weighted by Gasteiger charge is 2.45. The number of benzene rings is 1. The highest BCUT2D eigenvalue weighted by molar-refractivity contribution is 7.93. The highest BCUT2D eigenvalue weighted by atomic mass is 32.2. The van der Waals surface area contributed by atoms with Crippen LogP contribution in [0.25, 0.3) is 0 Å². The van der Waals surface area contributed by atoms with E-state index in [1.165, 1.54) is 12.8 Å². The molecule has 4 rings (SSSR count). The van der Waals surface area contributed by atoms with Gasteiger partial charge in [0.15, 0.2) is 0 Å². The lowest BCUT2D eigenvalue weighted by Gasteiger charge is -2.28. The molecule has 2 atom stereocenters. The molecule has 1 aromatic rings. The molecule has 7 heteroatoms. The number of nitrogens with zero attached hydrogens (tertiary/aromatic N) is 2. The van der Waals surface area contributed by atoms with Gasteiger partial charge >= 0.3 is 0 Å². The number of anilines is 2. The first-order chi connectivity index (χ1) is 11.5. The van der Waals surface area contributed by atoms with E-state index < -0.39 is 15.3 Å². The van der Waals surface area contributed by atoms with Crippen molar-refractivity contribution < 1.29 is 8.42 Å². The van der Waals surface area contributed by atoms with Crippen LogP contribution >= 0.6 is 0 Å². The summed E-state index contributed by atoms with van der Waals surface area (Å²) in [5.74, 6) is 0. The average molecular weight is 350 g/mol. The van der Waals surface area contributed by atoms with Crippen molar-refractivity contribution in [2.75, 3.05) is 28.8 Å². The number of nitrogens with one attached hydrogen (secondary N) is 2. The molecular weight excluding hydrogens is 324 g/mol. The summed E-state index contributed by atoms with van der Waals surface area (Å²) >= 11 is 0. The second-order valence-corrected chi connectivity index (χ2v) is 9.22. The molecule has 0 radical (unpaired) electrons. The molecule has 2 fully saturated rings. The molecule has 2 N–H and O–H groups in total. The van der Waals surface area contributed by atoms with Crippen LogP contribution in [0.3, 0.4) is 0 Å². The van der Waals surface area contributed by atoms with Crippen molar-refractivity contribution >= 4 is 21.4 Å². The topological polar surface area (TPSA) is 64.7 Å². The van der Waals surface area contributed by atoms with Crippen LogP contribution in [0, 0.1) is 0 Å². The number of hydrogen-bond acceptors (Lipinski definition) is 5. The van der Waals surface area contributed by atoms with Crippen molar-refractivity contribution in [1.82, 2.24) is 10.9 Å². The van der Waals surface area contributed by atoms with Gasteiger partial charge in [0.2, 0.25) is 10.0 Å². The zero-order valence-electron chi connectivity index (χ0n) is 14.3. The largest absolute Gasteiger partial charge is 0.371 e. The molecule has 24 heavy (non-hydrogen) atoms. The Hall–Kier alpha value is -1.31. The van der Waals surface area contributed by atoms with Crippen LogP contribution in [0.5, 0.6) is 0 Å². The van der Waals surface area contributed by atoms with E-state index in [-0.39, 0.29) is 12.1 Å². The molecule has 3 heterocycles. The van der Waals surface area contributed by atoms with Gasteiger partial charge in [-0.05, 0) is 50.8 Å². The Kier molecular flexibility index (Phi) is 3.97. The van der Waals surface area contributed by atoms with E-state index in [0.29, 0.717) is 6.54 Å². The molecule has 0 spiro atoms. The quantitative estimate of drug-likeness (QED) is 0.859. The highest BCUT2D eigenvalue weighted by Crippen LogP contribution is 2.37. The van der Waals surface area contributed by atoms with Gasteiger partial charge in [-0.15, -0.1) is 0 Å². The molecule has 0 saturated carbocycles. The molecule has 3 aliphatic rings. The number of hydrazine groups is 1. The van der Waals surface area contributed by atoms with Crippen molar-refractivity contribution in [1.29, 1.82) is 0 Å². The predicted octanol–water partition coefficient (Wildman–Crippen LogP) is 1.23. The van der Waals surface area contributed by atoms with Crippen LogP contribution in [0.2, 0.25) is 0 Å². The van der Waals surface area contributed by atoms with Crippen LogP contribution in [0.15, 0.2) is 18.2 Å². The Morgan fingerprint density at radius 2 is 1.71 bits per heavy atom. The maximum atomic E-state index is 13.3. The predicted molar refractivity (Wildman–Crippen MR) is 96.8 cm³/mol. The first kappa shape index (κ1) is 16.2. The van der Waals surface area contributed by atoms with Gasteiger partial charge in [0.05, 0.1) is 5.69 Å². The second-order valence-electron chi connectivity index (χ2n) is 7.20. The maximum Gasteiger partial charge on any atom is 0.241 e. The van der Waals surface area contributed by atoms with Crippen molar-refractivity contribution in [2.24, 2.45) is 0 Å². The van der Waals surface area contributed by atoms with E-state index in [9.17, 15) is 8.42 Å². The molecule has 0 aromatic heterocycles. The zero-order chi connectivity index (χ0) is 16.9. The Morgan fingerprint density at radius 1 is 1.04 bits per heavy atom. The van der Waals surface area contributed by atoms with Gasteiger partial charge < -0.3 is 4.90 Å². The summed E-state index contributed by atoms with van der Waals surface area (Å²) in [5, 5.41) is -0.445. The minimum Gasteiger partial charge on any atom is -0.371 e. The van der Waals surface area contributed by atoms with Crippen LogP contribution in [-0.4, -0.2) is 45.4 Å². The Balaban J connectivity index is 1.68. The fourth-order valence-electron chi connectivity index (χ4n) is 4.30. The van der Waals surface area contributed by atoms with Gasteiger partial charge in [-0.25, -0.2) is 8.42 Å². The average Bonchev–Trinajstić information content (AvgIpc) is 3.26. The van der Waals surface area contributed by atoms with Crippen LogP contribution in [0.4, 0.5) is 11.4 Å². The summed E-state index contributed by atoms with van der Waals surface area (Å²) in [6.07, 6.45) is 3.23. The smallest absolute Gasteiger partial charge is 0.241 e. The minimum absolute atomic E-state index is 0.101. The number of rotatable bonds is 3. The maximum absolute atomic E-state index is 13.3. The second kappa shape index (κ2) is 5.89. The lowest BCUT2D eigenvalue weighted by Crippen LogP contribution is -2.46. The van der Waals surface area contributed by atoms with Gasteiger partial charge in [-0.2, -0.15) is 0 Å². The number of hydrogen-bond donors (Lipinski definition) is 2. The van der Waals surface area contributed by atoms with Crippen molar-refractivity contribution in [2.45, 2.75) is 50.4 Å². The fourth-order valence-corrected chi connectivity index (χ4v) is 6.55. The lowest BCUT2D eigenvalue weighted by molar-refractivity contribution is 0.555. The van der Waals surface area contributed by atoms with E-state index in [4.69, 9.17) is 0 Å². The molecule has 0 amide bonds. The third kappa shape index (κ3) is 2.50. The first-order valence-electron chi connectivity index (χ1n) is 8.89. The van der Waals surface area contributed by atoms with Crippen LogP contribution in [-0.2, 0) is 16.4 Å². The van der Waals surface area contributed by atoms with Crippen molar-refractivity contribution in [3.05, 3.63) is 23.8 Å². The van der Waals surface area contributed by atoms with E-state index in [1.807, 2.05) is 13.8 Å². The van der Waals surface area contributed by atoms with E-state index in [2.05, 4.69) is 34.0 Å². The van der Waals surface area contributed by atoms with Crippen molar-refractivity contribution in [3.63, 3.8) is 0 Å². The minimum atomic E-state index is -3.40. The van der Waals surface area contributed by atoms with Gasteiger partial charge in [0.1, 0.15) is 5.25 Å². The number of sulfonamides is 1. The van der Waals surface area contributed by atoms with Gasteiger partial charge in [0.25, 0.3) is 0 Å². The van der Waals surface area contributed by atoms with Crippen molar-refractivity contribution in [3.8, 4) is 0 Å². The van der Waals surface area contributed by atoms with E-state index in [1.54, 1.807) is 4.31 Å². The Morgan fingerprint density at radius 3 is 2.38 bits per heavy atom. The van der Waals surface area contributed by atoms with Gasteiger partial charge in [-0.1, -0.05) is 6.07 Å². The molecule has 2 unspecified atom stereocenters. The lowest BCUT2D eigenvalue weighted by atomic mass is 10.1. The van der Waals surface area contributed by atoms with Gasteiger partial charge in [-0.3, -0.25) is 15.2 Å². The summed E-state index contributed by atoms with van der Waals surface area (Å²) in [7, 11) is -3.40. The molecule has 1 aromatic carbocycles. The summed E-state index contributed by atoms with van der Waals surface area (Å²) in [6.45, 7) is 6.54. The molecule has 0 bridgehead atoms. The zero-order valence-corrected chi connectivity index (χ0v) is 15.1. The first-order valence-corrected chi connectivity index (χ1v) is 10.4. The third-order valence-electron chi connectivity index (χ3n) is 5.57. The summed E-state index contributed by atoms with van der Waals surface area (Å²) < 4.78 is 28.2. The number of fused-ring (bicyclic) bond motifs is 1. The van der Waals surface area contributed by atoms with Crippen LogP contribution in [0.1, 0.15) is 32.3 Å². The van der Waals surface area contributed by atoms with E-state index >= 15 is 0 Å². The summed E-state index contributed by atoms with van der Waals surface area (Å²) in [6, 6.07) is 6.13. The van der Waals surface area contributed by atoms with E-state index in [0.717, 1.165) is 36.4 Å². The van der Waals surface area contributed by atoms with Crippen LogP contribution < -0.4 is 20.1 Å². The third-order valence-corrected chi connectivity index (χ3v) is 8.07. The molecule has 3 aliphatic heterocycles. The molecule has 6 nitrogen and oxygen atoms in total. The fraction of sp³-hybridized carbons (Fsp3) is 0.647. The summed E-state index contributed by atoms with van der Waals surface area (Å²) in [5.41, 5.74) is 9.30. The molecule has 2 saturated heterocycles. The standard InChI is InChI=1S/C17H26N4O2S/c1-12-17(13(2)19-18-12)24(22,23)21-10-7-14-5-6-15(11-16(14)21)20-8-3-4-9-20/h5-6,11-13,17-19H,3-4,7-10H2,1-2H3. The Labute approximate surface area is 144 Å². The molecule has 132 valence electrons. The van der Waals surface area contributed by atoms with Gasteiger partial charge in [0, 0.05) is 37.4 Å². The summed E-state index contributed by atoms with van der Waals surface area (Å²) in [4.78, 5) is 2.35.